The lowest BCUT2D eigenvalue weighted by Gasteiger charge is -2.30. The van der Waals surface area contributed by atoms with Crippen LogP contribution in [0.25, 0.3) is 0 Å². The predicted octanol–water partition coefficient (Wildman–Crippen LogP) is 3.01. The molecule has 1 unspecified atom stereocenters. The van der Waals surface area contributed by atoms with E-state index >= 15 is 0 Å². The van der Waals surface area contributed by atoms with Gasteiger partial charge in [-0.15, -0.1) is 0 Å². The molecule has 0 spiro atoms. The maximum absolute atomic E-state index is 13.0. The van der Waals surface area contributed by atoms with Crippen LogP contribution in [0.1, 0.15) is 61.5 Å². The first-order chi connectivity index (χ1) is 14.0. The molecule has 0 saturated heterocycles. The first kappa shape index (κ1) is 19.9. The van der Waals surface area contributed by atoms with E-state index in [0.29, 0.717) is 18.4 Å². The molecule has 4 rings (SSSR count). The molecular formula is C22H32N6O. The van der Waals surface area contributed by atoms with Gasteiger partial charge in [0.15, 0.2) is 0 Å². The van der Waals surface area contributed by atoms with Crippen molar-refractivity contribution in [3.63, 3.8) is 0 Å². The van der Waals surface area contributed by atoms with Crippen molar-refractivity contribution < 1.29 is 4.79 Å². The molecule has 2 aromatic rings. The summed E-state index contributed by atoms with van der Waals surface area (Å²) >= 11 is 0. The Morgan fingerprint density at radius 1 is 1.03 bits per heavy atom. The summed E-state index contributed by atoms with van der Waals surface area (Å²) in [5, 5.41) is 0. The first-order valence-electron chi connectivity index (χ1n) is 10.8. The van der Waals surface area contributed by atoms with Crippen molar-refractivity contribution in [2.24, 2.45) is 5.92 Å². The SMILES string of the molecule is CN(Cc1cnc(N(C)C)nc1)C(=O)C1CCn2c(cnc2C2CCCCC2)C1. The Bertz CT molecular complexity index is 837. The lowest BCUT2D eigenvalue weighted by atomic mass is 9.88. The van der Waals surface area contributed by atoms with Gasteiger partial charge in [-0.1, -0.05) is 19.3 Å². The minimum Gasteiger partial charge on any atom is -0.347 e. The molecule has 0 aromatic carbocycles. The summed E-state index contributed by atoms with van der Waals surface area (Å²) in [4.78, 5) is 30.2. The van der Waals surface area contributed by atoms with E-state index in [0.717, 1.165) is 24.9 Å². The van der Waals surface area contributed by atoms with Crippen LogP contribution in [0.3, 0.4) is 0 Å². The van der Waals surface area contributed by atoms with Crippen LogP contribution in [-0.2, 0) is 24.3 Å². The summed E-state index contributed by atoms with van der Waals surface area (Å²) in [6, 6.07) is 0. The molecule has 0 bridgehead atoms. The van der Waals surface area contributed by atoms with Gasteiger partial charge in [0.2, 0.25) is 11.9 Å². The molecule has 29 heavy (non-hydrogen) atoms. The zero-order valence-corrected chi connectivity index (χ0v) is 17.8. The molecule has 1 saturated carbocycles. The van der Waals surface area contributed by atoms with Gasteiger partial charge in [0.1, 0.15) is 5.82 Å². The molecule has 0 radical (unpaired) electrons. The second-order valence-corrected chi connectivity index (χ2v) is 8.76. The van der Waals surface area contributed by atoms with Crippen molar-refractivity contribution in [3.8, 4) is 0 Å². The molecule has 1 atom stereocenters. The molecule has 3 heterocycles. The number of fused-ring (bicyclic) bond motifs is 1. The summed E-state index contributed by atoms with van der Waals surface area (Å²) in [6.45, 7) is 1.45. The highest BCUT2D eigenvalue weighted by Gasteiger charge is 2.30. The minimum atomic E-state index is 0.0328. The fourth-order valence-corrected chi connectivity index (χ4v) is 4.71. The van der Waals surface area contributed by atoms with Gasteiger partial charge < -0.3 is 14.4 Å². The van der Waals surface area contributed by atoms with E-state index in [9.17, 15) is 4.79 Å². The van der Waals surface area contributed by atoms with Crippen molar-refractivity contribution in [2.75, 3.05) is 26.0 Å². The third kappa shape index (κ3) is 4.28. The number of carbonyl (C=O) groups excluding carboxylic acids is 1. The predicted molar refractivity (Wildman–Crippen MR) is 113 cm³/mol. The fourth-order valence-electron chi connectivity index (χ4n) is 4.71. The molecule has 7 heteroatoms. The second-order valence-electron chi connectivity index (χ2n) is 8.76. The first-order valence-corrected chi connectivity index (χ1v) is 10.8. The van der Waals surface area contributed by atoms with Gasteiger partial charge >= 0.3 is 0 Å². The van der Waals surface area contributed by atoms with Gasteiger partial charge in [0.25, 0.3) is 0 Å². The van der Waals surface area contributed by atoms with E-state index < -0.39 is 0 Å². The highest BCUT2D eigenvalue weighted by Crippen LogP contribution is 2.34. The molecule has 156 valence electrons. The van der Waals surface area contributed by atoms with Gasteiger partial charge in [-0.25, -0.2) is 15.0 Å². The van der Waals surface area contributed by atoms with Crippen LogP contribution < -0.4 is 4.90 Å². The molecule has 1 fully saturated rings. The largest absolute Gasteiger partial charge is 0.347 e. The number of imidazole rings is 1. The van der Waals surface area contributed by atoms with Gasteiger partial charge in [-0.05, 0) is 19.3 Å². The van der Waals surface area contributed by atoms with E-state index in [1.54, 1.807) is 12.4 Å². The zero-order chi connectivity index (χ0) is 20.4. The van der Waals surface area contributed by atoms with Crippen LogP contribution in [0.15, 0.2) is 18.6 Å². The summed E-state index contributed by atoms with van der Waals surface area (Å²) in [5.74, 6) is 2.78. The summed E-state index contributed by atoms with van der Waals surface area (Å²) in [5.41, 5.74) is 2.18. The van der Waals surface area contributed by atoms with Crippen LogP contribution in [-0.4, -0.2) is 51.5 Å². The number of nitrogens with zero attached hydrogens (tertiary/aromatic N) is 6. The van der Waals surface area contributed by atoms with Crippen molar-refractivity contribution >= 4 is 11.9 Å². The van der Waals surface area contributed by atoms with E-state index in [1.807, 2.05) is 37.1 Å². The highest BCUT2D eigenvalue weighted by atomic mass is 16.2. The fraction of sp³-hybridized carbons (Fsp3) is 0.636. The molecule has 1 aliphatic carbocycles. The van der Waals surface area contributed by atoms with Crippen molar-refractivity contribution in [1.29, 1.82) is 0 Å². The average molecular weight is 397 g/mol. The number of hydrogen-bond acceptors (Lipinski definition) is 5. The van der Waals surface area contributed by atoms with Crippen LogP contribution in [0, 0.1) is 5.92 Å². The highest BCUT2D eigenvalue weighted by molar-refractivity contribution is 5.79. The van der Waals surface area contributed by atoms with Crippen molar-refractivity contribution in [2.45, 2.75) is 64.0 Å². The molecule has 2 aliphatic rings. The van der Waals surface area contributed by atoms with Crippen LogP contribution in [0.4, 0.5) is 5.95 Å². The maximum Gasteiger partial charge on any atom is 0.226 e. The number of hydrogen-bond donors (Lipinski definition) is 0. The average Bonchev–Trinajstić information content (AvgIpc) is 3.17. The molecule has 1 amide bonds. The lowest BCUT2D eigenvalue weighted by Crippen LogP contribution is -2.36. The number of rotatable bonds is 5. The van der Waals surface area contributed by atoms with Gasteiger partial charge in [0.05, 0.1) is 0 Å². The monoisotopic (exact) mass is 396 g/mol. The molecule has 0 N–H and O–H groups in total. The quantitative estimate of drug-likeness (QED) is 0.777. The van der Waals surface area contributed by atoms with Gasteiger partial charge in [-0.3, -0.25) is 4.79 Å². The Morgan fingerprint density at radius 2 is 1.76 bits per heavy atom. The number of amides is 1. The normalized spacial score (nSPS) is 19.6. The third-order valence-electron chi connectivity index (χ3n) is 6.33. The van der Waals surface area contributed by atoms with E-state index in [4.69, 9.17) is 4.98 Å². The van der Waals surface area contributed by atoms with E-state index in [-0.39, 0.29) is 11.8 Å². The summed E-state index contributed by atoms with van der Waals surface area (Å²) in [6.07, 6.45) is 13.8. The molecular weight excluding hydrogens is 364 g/mol. The van der Waals surface area contributed by atoms with Gasteiger partial charge in [0, 0.05) is 82.3 Å². The lowest BCUT2D eigenvalue weighted by molar-refractivity contribution is -0.135. The van der Waals surface area contributed by atoms with E-state index in [2.05, 4.69) is 14.5 Å². The Kier molecular flexibility index (Phi) is 5.83. The maximum atomic E-state index is 13.0. The molecule has 1 aliphatic heterocycles. The van der Waals surface area contributed by atoms with Crippen molar-refractivity contribution in [3.05, 3.63) is 35.7 Å². The topological polar surface area (TPSA) is 67.2 Å². The Balaban J connectivity index is 1.38. The summed E-state index contributed by atoms with van der Waals surface area (Å²) < 4.78 is 2.40. The smallest absolute Gasteiger partial charge is 0.226 e. The third-order valence-corrected chi connectivity index (χ3v) is 6.33. The number of carbonyl (C=O) groups is 1. The Hall–Kier alpha value is -2.44. The van der Waals surface area contributed by atoms with Crippen LogP contribution in [0.2, 0.25) is 0 Å². The Labute approximate surface area is 173 Å². The van der Waals surface area contributed by atoms with E-state index in [1.165, 1.54) is 43.6 Å². The van der Waals surface area contributed by atoms with Crippen molar-refractivity contribution in [1.82, 2.24) is 24.4 Å². The second kappa shape index (κ2) is 8.51. The number of aromatic nitrogens is 4. The molecule has 2 aromatic heterocycles. The van der Waals surface area contributed by atoms with Crippen LogP contribution >= 0.6 is 0 Å². The minimum absolute atomic E-state index is 0.0328. The number of anilines is 1. The van der Waals surface area contributed by atoms with Gasteiger partial charge in [-0.2, -0.15) is 0 Å². The molecule has 7 nitrogen and oxygen atoms in total. The Morgan fingerprint density at radius 3 is 2.45 bits per heavy atom. The standard InChI is InChI=1S/C22H32N6O/c1-26(2)22-24-12-16(13-25-22)15-27(3)21(29)18-9-10-28-19(11-18)14-23-20(28)17-7-5-4-6-8-17/h12-14,17-18H,4-11,15H2,1-3H3. The summed E-state index contributed by atoms with van der Waals surface area (Å²) in [7, 11) is 5.71. The zero-order valence-electron chi connectivity index (χ0n) is 17.8. The van der Waals surface area contributed by atoms with Crippen LogP contribution in [0.5, 0.6) is 0 Å².